The first-order valence-corrected chi connectivity index (χ1v) is 6.97. The number of benzene rings is 1. The minimum Gasteiger partial charge on any atom is -0.478 e. The second kappa shape index (κ2) is 7.18. The van der Waals surface area contributed by atoms with Crippen LogP contribution in [0.3, 0.4) is 0 Å². The molecule has 2 aromatic rings. The van der Waals surface area contributed by atoms with Gasteiger partial charge in [-0.25, -0.2) is 4.79 Å². The van der Waals surface area contributed by atoms with Gasteiger partial charge in [0.2, 0.25) is 5.91 Å². The first kappa shape index (κ1) is 16.2. The van der Waals surface area contributed by atoms with Crippen LogP contribution < -0.4 is 4.90 Å². The molecule has 0 atom stereocenters. The average Bonchev–Trinajstić information content (AvgIpc) is 2.55. The second-order valence-electron chi connectivity index (χ2n) is 4.86. The fourth-order valence-corrected chi connectivity index (χ4v) is 2.13. The van der Waals surface area contributed by atoms with Crippen molar-refractivity contribution in [3.05, 3.63) is 48.2 Å². The van der Waals surface area contributed by atoms with Crippen LogP contribution in [-0.2, 0) is 4.79 Å². The second-order valence-corrected chi connectivity index (χ2v) is 4.86. The Morgan fingerprint density at radius 1 is 1.22 bits per heavy atom. The topological polar surface area (TPSA) is 94.3 Å². The number of nitriles is 1. The average molecular weight is 309 g/mol. The van der Waals surface area contributed by atoms with E-state index in [1.807, 2.05) is 6.07 Å². The van der Waals surface area contributed by atoms with Crippen molar-refractivity contribution in [2.75, 3.05) is 11.4 Å². The lowest BCUT2D eigenvalue weighted by Gasteiger charge is -2.20. The summed E-state index contributed by atoms with van der Waals surface area (Å²) in [6.07, 6.45) is 1.57. The quantitative estimate of drug-likeness (QED) is 0.916. The lowest BCUT2D eigenvalue weighted by atomic mass is 10.1. The van der Waals surface area contributed by atoms with E-state index >= 15 is 0 Å². The molecular formula is C17H15N3O3. The normalized spacial score (nSPS) is 9.91. The van der Waals surface area contributed by atoms with Crippen LogP contribution in [0.2, 0.25) is 0 Å². The highest BCUT2D eigenvalue weighted by Gasteiger charge is 2.11. The largest absolute Gasteiger partial charge is 0.478 e. The first-order chi connectivity index (χ1) is 11.0. The van der Waals surface area contributed by atoms with E-state index in [-0.39, 0.29) is 17.9 Å². The minimum absolute atomic E-state index is 0.128. The number of aromatic carboxylic acids is 1. The van der Waals surface area contributed by atoms with Gasteiger partial charge in [-0.05, 0) is 24.3 Å². The van der Waals surface area contributed by atoms with Crippen LogP contribution >= 0.6 is 0 Å². The smallest absolute Gasteiger partial charge is 0.337 e. The lowest BCUT2D eigenvalue weighted by molar-refractivity contribution is -0.116. The molecule has 6 nitrogen and oxygen atoms in total. The van der Waals surface area contributed by atoms with E-state index in [1.54, 1.807) is 30.3 Å². The Kier molecular flexibility index (Phi) is 5.05. The van der Waals surface area contributed by atoms with Crippen molar-refractivity contribution >= 4 is 17.6 Å². The van der Waals surface area contributed by atoms with Gasteiger partial charge in [-0.2, -0.15) is 5.26 Å². The number of hydrogen-bond donors (Lipinski definition) is 1. The summed E-state index contributed by atoms with van der Waals surface area (Å²) in [5.41, 5.74) is 2.30. The first-order valence-electron chi connectivity index (χ1n) is 6.97. The molecule has 1 amide bonds. The maximum atomic E-state index is 11.7. The molecule has 23 heavy (non-hydrogen) atoms. The highest BCUT2D eigenvalue weighted by molar-refractivity contribution is 5.91. The number of anilines is 1. The molecular weight excluding hydrogens is 294 g/mol. The molecule has 6 heteroatoms. The summed E-state index contributed by atoms with van der Waals surface area (Å²) in [6, 6.07) is 12.3. The summed E-state index contributed by atoms with van der Waals surface area (Å²) < 4.78 is 0. The maximum absolute atomic E-state index is 11.7. The van der Waals surface area contributed by atoms with E-state index in [2.05, 4.69) is 4.98 Å². The van der Waals surface area contributed by atoms with Gasteiger partial charge in [0.25, 0.3) is 0 Å². The predicted molar refractivity (Wildman–Crippen MR) is 84.9 cm³/mol. The van der Waals surface area contributed by atoms with Crippen LogP contribution in [0.1, 0.15) is 23.7 Å². The summed E-state index contributed by atoms with van der Waals surface area (Å²) in [7, 11) is 0. The Balaban J connectivity index is 2.22. The van der Waals surface area contributed by atoms with Crippen molar-refractivity contribution in [1.82, 2.24) is 4.98 Å². The zero-order valence-electron chi connectivity index (χ0n) is 12.6. The molecule has 0 aliphatic rings. The number of rotatable bonds is 5. The number of hydrogen-bond acceptors (Lipinski definition) is 4. The Morgan fingerprint density at radius 2 is 1.91 bits per heavy atom. The summed E-state index contributed by atoms with van der Waals surface area (Å²) in [6.45, 7) is 1.80. The summed E-state index contributed by atoms with van der Waals surface area (Å²) in [4.78, 5) is 28.1. The number of pyridine rings is 1. The summed E-state index contributed by atoms with van der Waals surface area (Å²) >= 11 is 0. The third-order valence-electron chi connectivity index (χ3n) is 3.31. The molecule has 2 rings (SSSR count). The number of carbonyl (C=O) groups is 2. The SMILES string of the molecule is CC(=O)N(CCC#N)c1ccc(-c2ccc(C(=O)O)cn2)cc1. The Bertz CT molecular complexity index is 746. The highest BCUT2D eigenvalue weighted by atomic mass is 16.4. The number of aromatic nitrogens is 1. The molecule has 0 fully saturated rings. The fourth-order valence-electron chi connectivity index (χ4n) is 2.13. The molecule has 116 valence electrons. The Labute approximate surface area is 133 Å². The van der Waals surface area contributed by atoms with E-state index in [1.165, 1.54) is 24.1 Å². The van der Waals surface area contributed by atoms with Crippen LogP contribution in [0.5, 0.6) is 0 Å². The van der Waals surface area contributed by atoms with Crippen LogP contribution in [-0.4, -0.2) is 28.5 Å². The summed E-state index contributed by atoms with van der Waals surface area (Å²) in [5, 5.41) is 17.5. The lowest BCUT2D eigenvalue weighted by Crippen LogP contribution is -2.29. The van der Waals surface area contributed by atoms with Gasteiger partial charge < -0.3 is 10.0 Å². The molecule has 0 saturated carbocycles. The molecule has 0 spiro atoms. The van der Waals surface area contributed by atoms with Gasteiger partial charge in [0.15, 0.2) is 0 Å². The molecule has 0 bridgehead atoms. The number of amides is 1. The standard InChI is InChI=1S/C17H15N3O3/c1-12(21)20(10-2-9-18)15-6-3-13(4-7-15)16-8-5-14(11-19-16)17(22)23/h3-8,11H,2,10H2,1H3,(H,22,23). The van der Waals surface area contributed by atoms with Crippen LogP contribution in [0.25, 0.3) is 11.3 Å². The molecule has 0 aliphatic heterocycles. The molecule has 1 aromatic carbocycles. The summed E-state index contributed by atoms with van der Waals surface area (Å²) in [5.74, 6) is -1.15. The van der Waals surface area contributed by atoms with Gasteiger partial charge >= 0.3 is 5.97 Å². The van der Waals surface area contributed by atoms with Crippen LogP contribution in [0.15, 0.2) is 42.6 Å². The third-order valence-corrected chi connectivity index (χ3v) is 3.31. The predicted octanol–water partition coefficient (Wildman–Crippen LogP) is 2.71. The van der Waals surface area contributed by atoms with E-state index in [4.69, 9.17) is 10.4 Å². The van der Waals surface area contributed by atoms with Crippen LogP contribution in [0.4, 0.5) is 5.69 Å². The van der Waals surface area contributed by atoms with Gasteiger partial charge in [-0.15, -0.1) is 0 Å². The van der Waals surface area contributed by atoms with E-state index in [0.717, 1.165) is 5.56 Å². The van der Waals surface area contributed by atoms with Crippen molar-refractivity contribution in [1.29, 1.82) is 5.26 Å². The minimum atomic E-state index is -1.02. The van der Waals surface area contributed by atoms with Gasteiger partial charge in [0, 0.05) is 30.9 Å². The molecule has 0 radical (unpaired) electrons. The van der Waals surface area contributed by atoms with Gasteiger partial charge in [0.1, 0.15) is 0 Å². The van der Waals surface area contributed by atoms with Gasteiger partial charge in [-0.3, -0.25) is 9.78 Å². The highest BCUT2D eigenvalue weighted by Crippen LogP contribution is 2.22. The van der Waals surface area contributed by atoms with E-state index in [9.17, 15) is 9.59 Å². The molecule has 1 aromatic heterocycles. The van der Waals surface area contributed by atoms with Gasteiger partial charge in [-0.1, -0.05) is 12.1 Å². The molecule has 0 saturated heterocycles. The van der Waals surface area contributed by atoms with E-state index in [0.29, 0.717) is 17.9 Å². The number of carboxylic acid groups (broad SMARTS) is 1. The van der Waals surface area contributed by atoms with Crippen molar-refractivity contribution in [2.45, 2.75) is 13.3 Å². The Hall–Kier alpha value is -3.20. The monoisotopic (exact) mass is 309 g/mol. The fraction of sp³-hybridized carbons (Fsp3) is 0.176. The number of carbonyl (C=O) groups excluding carboxylic acids is 1. The number of nitrogens with zero attached hydrogens (tertiary/aromatic N) is 3. The maximum Gasteiger partial charge on any atom is 0.337 e. The van der Waals surface area contributed by atoms with Crippen molar-refractivity contribution in [2.24, 2.45) is 0 Å². The molecule has 0 aliphatic carbocycles. The zero-order valence-corrected chi connectivity index (χ0v) is 12.6. The molecule has 0 unspecified atom stereocenters. The van der Waals surface area contributed by atoms with Crippen molar-refractivity contribution in [3.63, 3.8) is 0 Å². The van der Waals surface area contributed by atoms with Crippen molar-refractivity contribution < 1.29 is 14.7 Å². The Morgan fingerprint density at radius 3 is 2.39 bits per heavy atom. The van der Waals surface area contributed by atoms with Crippen molar-refractivity contribution in [3.8, 4) is 17.3 Å². The number of carboxylic acids is 1. The third kappa shape index (κ3) is 3.92. The molecule has 1 heterocycles. The van der Waals surface area contributed by atoms with E-state index < -0.39 is 5.97 Å². The van der Waals surface area contributed by atoms with Gasteiger partial charge in [0.05, 0.1) is 23.7 Å². The molecule has 1 N–H and O–H groups in total. The zero-order chi connectivity index (χ0) is 16.8. The van der Waals surface area contributed by atoms with Crippen LogP contribution in [0, 0.1) is 11.3 Å².